The van der Waals surface area contributed by atoms with Crippen molar-refractivity contribution in [2.45, 2.75) is 27.2 Å². The van der Waals surface area contributed by atoms with Crippen LogP contribution >= 0.6 is 0 Å². The number of nitrogens with zero attached hydrogens (tertiary/aromatic N) is 2. The van der Waals surface area contributed by atoms with Gasteiger partial charge < -0.3 is 5.32 Å². The van der Waals surface area contributed by atoms with E-state index in [0.717, 1.165) is 12.1 Å². The first kappa shape index (κ1) is 13.7. The number of benzene rings is 1. The molecule has 2 rings (SSSR count). The van der Waals surface area contributed by atoms with Gasteiger partial charge in [0.1, 0.15) is 0 Å². The maximum absolute atomic E-state index is 11.2. The average Bonchev–Trinajstić information content (AvgIpc) is 2.54. The molecule has 0 aromatic heterocycles. The van der Waals surface area contributed by atoms with E-state index in [4.69, 9.17) is 0 Å². The van der Waals surface area contributed by atoms with Gasteiger partial charge in [0, 0.05) is 5.69 Å². The van der Waals surface area contributed by atoms with Crippen LogP contribution in [0.3, 0.4) is 0 Å². The normalized spacial score (nSPS) is 17.3. The molecule has 0 fully saturated rings. The lowest BCUT2D eigenvalue weighted by molar-refractivity contribution is 0.601. The Hall–Kier alpha value is -1.69. The number of hydrogen-bond donors (Lipinski definition) is 1. The predicted octanol–water partition coefficient (Wildman–Crippen LogP) is 2.41. The van der Waals surface area contributed by atoms with Crippen molar-refractivity contribution in [3.63, 3.8) is 0 Å². The van der Waals surface area contributed by atoms with Crippen molar-refractivity contribution in [1.82, 2.24) is 0 Å². The Labute approximate surface area is 113 Å². The van der Waals surface area contributed by atoms with Gasteiger partial charge in [-0.25, -0.2) is 0 Å². The van der Waals surface area contributed by atoms with Crippen LogP contribution in [0.1, 0.15) is 26.3 Å². The van der Waals surface area contributed by atoms with Crippen LogP contribution in [-0.2, 0) is 16.6 Å². The van der Waals surface area contributed by atoms with Gasteiger partial charge in [-0.3, -0.25) is 0 Å². The van der Waals surface area contributed by atoms with Crippen molar-refractivity contribution >= 4 is 27.4 Å². The summed E-state index contributed by atoms with van der Waals surface area (Å²) in [6.45, 7) is 5.96. The lowest BCUT2D eigenvalue weighted by Gasteiger charge is -2.08. The van der Waals surface area contributed by atoms with Gasteiger partial charge in [-0.2, -0.15) is 8.42 Å². The number of nitrogens with one attached hydrogen (secondary N) is 1. The molecule has 0 spiro atoms. The molecule has 0 unspecified atom stereocenters. The molecular formula is C13H17N3O2S. The SMILES string of the molecule is CC1=NS(=O)(=O)N=C1Nc1ccc(CC(C)C)cc1. The Kier molecular flexibility index (Phi) is 3.71. The van der Waals surface area contributed by atoms with Crippen LogP contribution in [0.2, 0.25) is 0 Å². The molecule has 0 amide bonds. The molecule has 0 bridgehead atoms. The van der Waals surface area contributed by atoms with Crippen LogP contribution in [0.4, 0.5) is 5.69 Å². The third-order valence-electron chi connectivity index (χ3n) is 2.66. The summed E-state index contributed by atoms with van der Waals surface area (Å²) < 4.78 is 29.4. The fraction of sp³-hybridized carbons (Fsp3) is 0.385. The number of rotatable bonds is 3. The molecule has 0 saturated carbocycles. The van der Waals surface area contributed by atoms with Crippen molar-refractivity contribution in [1.29, 1.82) is 0 Å². The van der Waals surface area contributed by atoms with Crippen LogP contribution in [0.15, 0.2) is 33.1 Å². The molecule has 6 heteroatoms. The third-order valence-corrected chi connectivity index (χ3v) is 3.58. The van der Waals surface area contributed by atoms with Crippen LogP contribution in [0, 0.1) is 5.92 Å². The summed E-state index contributed by atoms with van der Waals surface area (Å²) in [5.41, 5.74) is 2.44. The van der Waals surface area contributed by atoms with E-state index in [1.807, 2.05) is 24.3 Å². The maximum atomic E-state index is 11.2. The summed E-state index contributed by atoms with van der Waals surface area (Å²) >= 11 is 0. The molecule has 5 nitrogen and oxygen atoms in total. The molecule has 1 heterocycles. The predicted molar refractivity (Wildman–Crippen MR) is 78.1 cm³/mol. The zero-order valence-corrected chi connectivity index (χ0v) is 12.0. The fourth-order valence-corrected chi connectivity index (χ4v) is 2.75. The minimum Gasteiger partial charge on any atom is -0.338 e. The van der Waals surface area contributed by atoms with E-state index in [-0.39, 0.29) is 5.84 Å². The molecular weight excluding hydrogens is 262 g/mol. The van der Waals surface area contributed by atoms with Crippen LogP contribution in [0.5, 0.6) is 0 Å². The monoisotopic (exact) mass is 279 g/mol. The second kappa shape index (κ2) is 5.13. The lowest BCUT2D eigenvalue weighted by atomic mass is 10.0. The molecule has 1 aromatic carbocycles. The van der Waals surface area contributed by atoms with Crippen LogP contribution in [-0.4, -0.2) is 20.0 Å². The summed E-state index contributed by atoms with van der Waals surface area (Å²) in [6, 6.07) is 7.88. The van der Waals surface area contributed by atoms with Crippen molar-refractivity contribution in [3.05, 3.63) is 29.8 Å². The molecule has 1 N–H and O–H groups in total. The molecule has 102 valence electrons. The van der Waals surface area contributed by atoms with Gasteiger partial charge >= 0.3 is 10.2 Å². The quantitative estimate of drug-likeness (QED) is 0.923. The molecule has 0 radical (unpaired) electrons. The highest BCUT2D eigenvalue weighted by Crippen LogP contribution is 2.15. The topological polar surface area (TPSA) is 70.9 Å². The highest BCUT2D eigenvalue weighted by atomic mass is 32.2. The third kappa shape index (κ3) is 3.64. The van der Waals surface area contributed by atoms with Gasteiger partial charge in [0.25, 0.3) is 0 Å². The summed E-state index contributed by atoms with van der Waals surface area (Å²) in [7, 11) is -3.68. The zero-order valence-electron chi connectivity index (χ0n) is 11.2. The van der Waals surface area contributed by atoms with Gasteiger partial charge in [0.2, 0.25) is 0 Å². The van der Waals surface area contributed by atoms with E-state index in [9.17, 15) is 8.42 Å². The first-order chi connectivity index (χ1) is 8.85. The Morgan fingerprint density at radius 3 is 2.26 bits per heavy atom. The minimum atomic E-state index is -3.68. The van der Waals surface area contributed by atoms with Gasteiger partial charge in [0.15, 0.2) is 5.84 Å². The first-order valence-corrected chi connectivity index (χ1v) is 7.53. The number of hydrogen-bond acceptors (Lipinski definition) is 3. The van der Waals surface area contributed by atoms with Crippen molar-refractivity contribution in [2.75, 3.05) is 5.32 Å². The molecule has 19 heavy (non-hydrogen) atoms. The highest BCUT2D eigenvalue weighted by Gasteiger charge is 2.20. The summed E-state index contributed by atoms with van der Waals surface area (Å²) in [5.74, 6) is 0.897. The van der Waals surface area contributed by atoms with E-state index in [1.165, 1.54) is 5.56 Å². The first-order valence-electron chi connectivity index (χ1n) is 6.13. The number of anilines is 1. The standard InChI is InChI=1S/C13H17N3O2S/c1-9(2)8-11-4-6-12(7-5-11)14-13-10(3)15-19(17,18)16-13/h4-7,9H,8H2,1-3H3,(H,14,16). The fourth-order valence-electron chi connectivity index (χ4n) is 1.86. The van der Waals surface area contributed by atoms with Gasteiger partial charge in [-0.1, -0.05) is 26.0 Å². The summed E-state index contributed by atoms with van der Waals surface area (Å²) in [5, 5.41) is 2.97. The smallest absolute Gasteiger partial charge is 0.338 e. The van der Waals surface area contributed by atoms with Gasteiger partial charge in [0.05, 0.1) is 5.71 Å². The van der Waals surface area contributed by atoms with E-state index in [2.05, 4.69) is 28.0 Å². The average molecular weight is 279 g/mol. The van der Waals surface area contributed by atoms with Crippen molar-refractivity contribution in [3.8, 4) is 0 Å². The highest BCUT2D eigenvalue weighted by molar-refractivity contribution is 7.89. The van der Waals surface area contributed by atoms with E-state index in [1.54, 1.807) is 6.92 Å². The van der Waals surface area contributed by atoms with Crippen molar-refractivity contribution < 1.29 is 8.42 Å². The second-order valence-electron chi connectivity index (χ2n) is 4.98. The lowest BCUT2D eigenvalue weighted by Crippen LogP contribution is -2.17. The molecule has 0 aliphatic carbocycles. The largest absolute Gasteiger partial charge is 0.365 e. The molecule has 1 aliphatic rings. The minimum absolute atomic E-state index is 0.289. The Balaban J connectivity index is 2.11. The maximum Gasteiger partial charge on any atom is 0.365 e. The summed E-state index contributed by atoms with van der Waals surface area (Å²) in [4.78, 5) is 0. The van der Waals surface area contributed by atoms with E-state index in [0.29, 0.717) is 11.6 Å². The van der Waals surface area contributed by atoms with Gasteiger partial charge in [-0.15, -0.1) is 8.80 Å². The Morgan fingerprint density at radius 2 is 1.79 bits per heavy atom. The van der Waals surface area contributed by atoms with E-state index >= 15 is 0 Å². The molecule has 1 aliphatic heterocycles. The van der Waals surface area contributed by atoms with Crippen molar-refractivity contribution in [2.24, 2.45) is 14.7 Å². The Bertz CT molecular complexity index is 628. The molecule has 0 atom stereocenters. The Morgan fingerprint density at radius 1 is 1.16 bits per heavy atom. The zero-order chi connectivity index (χ0) is 14.0. The summed E-state index contributed by atoms with van der Waals surface area (Å²) in [6.07, 6.45) is 1.02. The molecule has 1 aromatic rings. The van der Waals surface area contributed by atoms with Crippen LogP contribution in [0.25, 0.3) is 0 Å². The van der Waals surface area contributed by atoms with E-state index < -0.39 is 10.2 Å². The van der Waals surface area contributed by atoms with Gasteiger partial charge in [-0.05, 0) is 37.0 Å². The molecule has 0 saturated heterocycles. The van der Waals surface area contributed by atoms with Crippen LogP contribution < -0.4 is 5.32 Å². The number of amidine groups is 1. The second-order valence-corrected chi connectivity index (χ2v) is 6.25.